The molecule has 0 radical (unpaired) electrons. The number of carbonyl (C=O) groups is 6. The van der Waals surface area contributed by atoms with Crippen molar-refractivity contribution >= 4 is 41.5 Å². The highest BCUT2D eigenvalue weighted by Gasteiger charge is 2.31. The van der Waals surface area contributed by atoms with E-state index in [0.717, 1.165) is 0 Å². The van der Waals surface area contributed by atoms with Crippen LogP contribution in [0.4, 0.5) is 0 Å². The third-order valence-corrected chi connectivity index (χ3v) is 5.85. The average molecular weight is 604 g/mol. The molecule has 0 spiro atoms. The number of guanidine groups is 1. The summed E-state index contributed by atoms with van der Waals surface area (Å²) in [6, 6.07) is -6.38. The molecule has 0 aliphatic heterocycles. The Morgan fingerprint density at radius 3 is 1.76 bits per heavy atom. The molecule has 18 heteroatoms. The molecule has 0 rings (SSSR count). The van der Waals surface area contributed by atoms with Gasteiger partial charge in [-0.15, -0.1) is 0 Å². The lowest BCUT2D eigenvalue weighted by molar-refractivity contribution is -0.143. The maximum absolute atomic E-state index is 12.9. The summed E-state index contributed by atoms with van der Waals surface area (Å²) in [6.07, 6.45) is 0.206. The molecule has 18 nitrogen and oxygen atoms in total. The first-order valence-electron chi connectivity index (χ1n) is 13.3. The molecule has 0 bridgehead atoms. The predicted molar refractivity (Wildman–Crippen MR) is 150 cm³/mol. The molecule has 14 N–H and O–H groups in total. The second kappa shape index (κ2) is 19.2. The molecule has 0 aliphatic rings. The summed E-state index contributed by atoms with van der Waals surface area (Å²) in [4.78, 5) is 78.0. The summed E-state index contributed by atoms with van der Waals surface area (Å²) < 4.78 is 0. The van der Waals surface area contributed by atoms with Crippen LogP contribution in [0.2, 0.25) is 0 Å². The van der Waals surface area contributed by atoms with E-state index in [1.807, 2.05) is 0 Å². The van der Waals surface area contributed by atoms with Crippen LogP contribution in [0.5, 0.6) is 0 Å². The highest BCUT2D eigenvalue weighted by atomic mass is 16.4. The Labute approximate surface area is 243 Å². The van der Waals surface area contributed by atoms with E-state index < -0.39 is 97.3 Å². The van der Waals surface area contributed by atoms with Crippen molar-refractivity contribution in [2.24, 2.45) is 34.0 Å². The molecule has 42 heavy (non-hydrogen) atoms. The highest BCUT2D eigenvalue weighted by molar-refractivity contribution is 5.95. The van der Waals surface area contributed by atoms with E-state index in [1.165, 1.54) is 0 Å². The van der Waals surface area contributed by atoms with Crippen LogP contribution in [-0.4, -0.2) is 113 Å². The summed E-state index contributed by atoms with van der Waals surface area (Å²) in [5, 5.41) is 39.8. The van der Waals surface area contributed by atoms with Crippen molar-refractivity contribution in [3.63, 3.8) is 0 Å². The number of hydrogen-bond acceptors (Lipinski definition) is 10. The Hall–Kier alpha value is -4.03. The van der Waals surface area contributed by atoms with Crippen LogP contribution < -0.4 is 43.8 Å². The van der Waals surface area contributed by atoms with E-state index in [-0.39, 0.29) is 25.3 Å². The SMILES string of the molecule is CC(C)[C@H](NC(=O)[C@H](CCCN=C(N)N)NC(=O)[C@H](CO)NC(=O)CNC(=O)[C@@H](NC(=O)[C@@H](N)CO)C(C)C)C(=O)O. The molecule has 0 unspecified atom stereocenters. The third kappa shape index (κ3) is 14.0. The Morgan fingerprint density at radius 2 is 1.29 bits per heavy atom. The van der Waals surface area contributed by atoms with Crippen LogP contribution in [0, 0.1) is 11.8 Å². The van der Waals surface area contributed by atoms with Crippen molar-refractivity contribution in [3.05, 3.63) is 0 Å². The van der Waals surface area contributed by atoms with Gasteiger partial charge < -0.3 is 59.1 Å². The van der Waals surface area contributed by atoms with Crippen LogP contribution in [0.3, 0.4) is 0 Å². The quantitative estimate of drug-likeness (QED) is 0.0375. The molecule has 0 aromatic rings. The van der Waals surface area contributed by atoms with E-state index in [2.05, 4.69) is 31.6 Å². The van der Waals surface area contributed by atoms with Gasteiger partial charge in [-0.25, -0.2) is 4.79 Å². The fourth-order valence-corrected chi connectivity index (χ4v) is 3.41. The monoisotopic (exact) mass is 603 g/mol. The minimum absolute atomic E-state index is 0.0107. The van der Waals surface area contributed by atoms with Gasteiger partial charge in [0.25, 0.3) is 0 Å². The van der Waals surface area contributed by atoms with Gasteiger partial charge in [-0.2, -0.15) is 0 Å². The Bertz CT molecular complexity index is 971. The summed E-state index contributed by atoms with van der Waals surface area (Å²) in [5.41, 5.74) is 16.0. The smallest absolute Gasteiger partial charge is 0.326 e. The average Bonchev–Trinajstić information content (AvgIpc) is 2.91. The van der Waals surface area contributed by atoms with Crippen LogP contribution in [0.1, 0.15) is 40.5 Å². The van der Waals surface area contributed by atoms with Crippen LogP contribution in [0.25, 0.3) is 0 Å². The largest absolute Gasteiger partial charge is 0.480 e. The number of nitrogens with one attached hydrogen (secondary N) is 5. The maximum Gasteiger partial charge on any atom is 0.326 e. The summed E-state index contributed by atoms with van der Waals surface area (Å²) in [5.74, 6) is -6.50. The van der Waals surface area contributed by atoms with Gasteiger partial charge in [0.2, 0.25) is 29.5 Å². The summed E-state index contributed by atoms with van der Waals surface area (Å²) in [6.45, 7) is 4.40. The summed E-state index contributed by atoms with van der Waals surface area (Å²) >= 11 is 0. The molecule has 0 aromatic carbocycles. The first kappa shape index (κ1) is 38.0. The van der Waals surface area contributed by atoms with Crippen molar-refractivity contribution in [2.75, 3.05) is 26.3 Å². The minimum Gasteiger partial charge on any atom is -0.480 e. The van der Waals surface area contributed by atoms with Gasteiger partial charge >= 0.3 is 5.97 Å². The Balaban J connectivity index is 5.39. The van der Waals surface area contributed by atoms with E-state index in [4.69, 9.17) is 22.3 Å². The van der Waals surface area contributed by atoms with Crippen LogP contribution in [0.15, 0.2) is 4.99 Å². The molecular weight excluding hydrogens is 558 g/mol. The third-order valence-electron chi connectivity index (χ3n) is 5.85. The number of amides is 5. The van der Waals surface area contributed by atoms with E-state index in [0.29, 0.717) is 0 Å². The summed E-state index contributed by atoms with van der Waals surface area (Å²) in [7, 11) is 0. The number of aliphatic imine (C=N–C) groups is 1. The number of nitrogens with zero attached hydrogens (tertiary/aromatic N) is 1. The molecule has 0 saturated heterocycles. The maximum atomic E-state index is 12.9. The molecule has 5 atom stereocenters. The predicted octanol–water partition coefficient (Wildman–Crippen LogP) is -5.20. The number of rotatable bonds is 19. The fourth-order valence-electron chi connectivity index (χ4n) is 3.41. The zero-order chi connectivity index (χ0) is 32.6. The molecule has 0 aliphatic carbocycles. The lowest BCUT2D eigenvalue weighted by Gasteiger charge is -2.25. The molecule has 0 aromatic heterocycles. The Morgan fingerprint density at radius 1 is 0.738 bits per heavy atom. The van der Waals surface area contributed by atoms with Crippen molar-refractivity contribution in [1.82, 2.24) is 26.6 Å². The van der Waals surface area contributed by atoms with Crippen LogP contribution >= 0.6 is 0 Å². The molecule has 0 saturated carbocycles. The van der Waals surface area contributed by atoms with Gasteiger partial charge in [0, 0.05) is 6.54 Å². The lowest BCUT2D eigenvalue weighted by Crippen LogP contribution is -2.58. The normalized spacial score (nSPS) is 14.5. The second-order valence-electron chi connectivity index (χ2n) is 10.1. The zero-order valence-corrected chi connectivity index (χ0v) is 24.3. The number of nitrogens with two attached hydrogens (primary N) is 3. The number of carboxylic acids is 1. The minimum atomic E-state index is -1.54. The van der Waals surface area contributed by atoms with Crippen molar-refractivity contribution in [3.8, 4) is 0 Å². The first-order chi connectivity index (χ1) is 19.5. The van der Waals surface area contributed by atoms with Crippen molar-refractivity contribution < 1.29 is 44.1 Å². The first-order valence-corrected chi connectivity index (χ1v) is 13.3. The van der Waals surface area contributed by atoms with Gasteiger partial charge in [0.1, 0.15) is 30.2 Å². The Kier molecular flexibility index (Phi) is 17.3. The number of carboxylic acid groups (broad SMARTS) is 1. The van der Waals surface area contributed by atoms with Gasteiger partial charge in [0.05, 0.1) is 19.8 Å². The second-order valence-corrected chi connectivity index (χ2v) is 10.1. The molecule has 5 amide bonds. The van der Waals surface area contributed by atoms with E-state index >= 15 is 0 Å². The highest BCUT2D eigenvalue weighted by Crippen LogP contribution is 2.06. The molecular formula is C24H45N9O9. The number of aliphatic carboxylic acids is 1. The van der Waals surface area contributed by atoms with Gasteiger partial charge in [-0.1, -0.05) is 27.7 Å². The standard InChI is InChI=1S/C24H45N9O9/c1-11(2)17(32-19(37)13(25)9-34)22(40)29-8-16(36)30-15(10-35)21(39)31-14(6-5-7-28-24(26)27)20(38)33-18(12(3)4)23(41)42/h11-15,17-18,34-35H,5-10,25H2,1-4H3,(H,29,40)(H,30,36)(H,31,39)(H,32,37)(H,33,38)(H,41,42)(H4,26,27,28)/t13-,14-,15-,17-,18-/m0/s1. The van der Waals surface area contributed by atoms with Gasteiger partial charge in [-0.05, 0) is 24.7 Å². The van der Waals surface area contributed by atoms with E-state index in [1.54, 1.807) is 27.7 Å². The number of aliphatic hydroxyl groups is 2. The number of aliphatic hydroxyl groups excluding tert-OH is 2. The molecule has 240 valence electrons. The fraction of sp³-hybridized carbons (Fsp3) is 0.708. The van der Waals surface area contributed by atoms with E-state index in [9.17, 15) is 39.0 Å². The van der Waals surface area contributed by atoms with Crippen LogP contribution in [-0.2, 0) is 28.8 Å². The topological polar surface area (TPSA) is 314 Å². The van der Waals surface area contributed by atoms with Crippen molar-refractivity contribution in [1.29, 1.82) is 0 Å². The molecule has 0 heterocycles. The zero-order valence-electron chi connectivity index (χ0n) is 24.3. The molecule has 0 fully saturated rings. The lowest BCUT2D eigenvalue weighted by atomic mass is 10.0. The number of carbonyl (C=O) groups excluding carboxylic acids is 5. The van der Waals surface area contributed by atoms with Gasteiger partial charge in [0.15, 0.2) is 5.96 Å². The number of hydrogen-bond donors (Lipinski definition) is 11. The van der Waals surface area contributed by atoms with Gasteiger partial charge in [-0.3, -0.25) is 29.0 Å². The van der Waals surface area contributed by atoms with Crippen molar-refractivity contribution in [2.45, 2.75) is 70.7 Å².